The average Bonchev–Trinajstić information content (AvgIpc) is 3.31. The maximum atomic E-state index is 13.6. The van der Waals surface area contributed by atoms with E-state index in [-0.39, 0.29) is 23.4 Å². The first kappa shape index (κ1) is 22.5. The number of hydrogen-bond acceptors (Lipinski definition) is 5. The lowest BCUT2D eigenvalue weighted by Crippen LogP contribution is -2.29. The number of benzene rings is 2. The lowest BCUT2D eigenvalue weighted by atomic mass is 10.1. The molecular weight excluding hydrogens is 429 g/mol. The van der Waals surface area contributed by atoms with Crippen LogP contribution in [0.4, 0.5) is 4.39 Å². The second kappa shape index (κ2) is 10.3. The number of carbonyl (C=O) groups is 1. The number of ether oxygens (including phenoxy) is 1. The molecule has 1 atom stereocenters. The molecule has 3 aromatic rings. The predicted molar refractivity (Wildman–Crippen MR) is 124 cm³/mol. The highest BCUT2D eigenvalue weighted by molar-refractivity contribution is 7.98. The normalized spacial score (nSPS) is 15.9. The van der Waals surface area contributed by atoms with Crippen molar-refractivity contribution in [2.45, 2.75) is 49.7 Å². The maximum absolute atomic E-state index is 13.6. The molecule has 0 spiro atoms. The van der Waals surface area contributed by atoms with E-state index in [1.807, 2.05) is 13.0 Å². The second-order valence-corrected chi connectivity index (χ2v) is 8.79. The van der Waals surface area contributed by atoms with Crippen molar-refractivity contribution in [2.75, 3.05) is 13.2 Å². The number of halogens is 1. The Morgan fingerprint density at radius 2 is 2.19 bits per heavy atom. The van der Waals surface area contributed by atoms with Crippen molar-refractivity contribution in [3.63, 3.8) is 0 Å². The third-order valence-electron chi connectivity index (χ3n) is 5.39. The number of rotatable bonds is 8. The summed E-state index contributed by atoms with van der Waals surface area (Å²) in [5.74, 6) is -0.0140. The number of amides is 1. The van der Waals surface area contributed by atoms with Crippen LogP contribution in [0.1, 0.15) is 42.1 Å². The number of thioether (sulfide) groups is 1. The molecule has 1 amide bonds. The largest absolute Gasteiger partial charge is 0.376 e. The van der Waals surface area contributed by atoms with Crippen LogP contribution >= 0.6 is 11.8 Å². The molecule has 1 N–H and O–H groups in total. The molecule has 2 heterocycles. The third-order valence-corrected chi connectivity index (χ3v) is 6.43. The lowest BCUT2D eigenvalue weighted by Gasteiger charge is -2.17. The van der Waals surface area contributed by atoms with Gasteiger partial charge in [-0.2, -0.15) is 0 Å². The summed E-state index contributed by atoms with van der Waals surface area (Å²) < 4.78 is 21.0. The van der Waals surface area contributed by atoms with E-state index in [4.69, 9.17) is 9.72 Å². The Kier molecular flexibility index (Phi) is 7.22. The molecule has 2 aromatic carbocycles. The second-order valence-electron chi connectivity index (χ2n) is 7.85. The summed E-state index contributed by atoms with van der Waals surface area (Å²) in [6.07, 6.45) is 2.68. The van der Waals surface area contributed by atoms with Crippen LogP contribution in [0.5, 0.6) is 0 Å². The van der Waals surface area contributed by atoms with Gasteiger partial charge in [0.05, 0.1) is 23.6 Å². The Bertz CT molecular complexity index is 1170. The summed E-state index contributed by atoms with van der Waals surface area (Å²) in [6.45, 7) is 3.69. The van der Waals surface area contributed by atoms with Crippen LogP contribution in [-0.4, -0.2) is 34.7 Å². The quantitative estimate of drug-likeness (QED) is 0.408. The zero-order chi connectivity index (χ0) is 22.5. The Morgan fingerprint density at radius 1 is 1.31 bits per heavy atom. The molecule has 0 bridgehead atoms. The van der Waals surface area contributed by atoms with E-state index in [0.717, 1.165) is 24.8 Å². The minimum atomic E-state index is -0.297. The Labute approximate surface area is 190 Å². The lowest BCUT2D eigenvalue weighted by molar-refractivity contribution is 0.0937. The van der Waals surface area contributed by atoms with Crippen LogP contribution in [0.2, 0.25) is 0 Å². The van der Waals surface area contributed by atoms with Crippen LogP contribution in [0.25, 0.3) is 10.9 Å². The van der Waals surface area contributed by atoms with Crippen LogP contribution in [0.3, 0.4) is 0 Å². The zero-order valence-electron chi connectivity index (χ0n) is 18.0. The molecule has 1 aromatic heterocycles. The van der Waals surface area contributed by atoms with Gasteiger partial charge < -0.3 is 10.1 Å². The number of hydrogen-bond donors (Lipinski definition) is 1. The fraction of sp³-hybridized carbons (Fsp3) is 0.375. The predicted octanol–water partition coefficient (Wildman–Crippen LogP) is 4.15. The Morgan fingerprint density at radius 3 is 2.94 bits per heavy atom. The number of fused-ring (bicyclic) bond motifs is 1. The smallest absolute Gasteiger partial charge is 0.262 e. The van der Waals surface area contributed by atoms with Gasteiger partial charge in [-0.15, -0.1) is 0 Å². The van der Waals surface area contributed by atoms with Gasteiger partial charge in [0.2, 0.25) is 0 Å². The van der Waals surface area contributed by atoms with Crippen molar-refractivity contribution in [3.05, 3.63) is 69.8 Å². The van der Waals surface area contributed by atoms with Crippen molar-refractivity contribution in [2.24, 2.45) is 0 Å². The zero-order valence-corrected chi connectivity index (χ0v) is 18.8. The van der Waals surface area contributed by atoms with Crippen LogP contribution in [0.15, 0.2) is 52.4 Å². The first-order chi connectivity index (χ1) is 15.5. The van der Waals surface area contributed by atoms with Gasteiger partial charge in [0.15, 0.2) is 5.16 Å². The summed E-state index contributed by atoms with van der Waals surface area (Å²) in [5.41, 5.74) is 1.59. The van der Waals surface area contributed by atoms with E-state index in [0.29, 0.717) is 47.1 Å². The SMILES string of the molecule is CCCNC(=O)c1ccc2c(=O)n(CC3CCCO3)c(SCc3cccc(F)c3)nc2c1. The van der Waals surface area contributed by atoms with E-state index < -0.39 is 0 Å². The highest BCUT2D eigenvalue weighted by Crippen LogP contribution is 2.25. The van der Waals surface area contributed by atoms with Crippen molar-refractivity contribution < 1.29 is 13.9 Å². The minimum Gasteiger partial charge on any atom is -0.376 e. The number of nitrogens with zero attached hydrogens (tertiary/aromatic N) is 2. The molecule has 4 rings (SSSR count). The number of aromatic nitrogens is 2. The summed E-state index contributed by atoms with van der Waals surface area (Å²) >= 11 is 1.38. The van der Waals surface area contributed by atoms with E-state index in [1.54, 1.807) is 28.8 Å². The molecule has 1 unspecified atom stereocenters. The molecule has 168 valence electrons. The van der Waals surface area contributed by atoms with Crippen molar-refractivity contribution in [1.82, 2.24) is 14.9 Å². The molecule has 32 heavy (non-hydrogen) atoms. The standard InChI is InChI=1S/C24H26FN3O3S/c1-2-10-26-22(29)17-8-9-20-21(13-17)27-24(32-15-16-5-3-6-18(25)12-16)28(23(20)30)14-19-7-4-11-31-19/h3,5-6,8-9,12-13,19H,2,4,7,10-11,14-15H2,1H3,(H,26,29). The monoisotopic (exact) mass is 455 g/mol. The Balaban J connectivity index is 1.70. The molecule has 0 aliphatic carbocycles. The van der Waals surface area contributed by atoms with Gasteiger partial charge in [-0.25, -0.2) is 9.37 Å². The van der Waals surface area contributed by atoms with Crippen LogP contribution in [0, 0.1) is 5.82 Å². The fourth-order valence-corrected chi connectivity index (χ4v) is 4.67. The average molecular weight is 456 g/mol. The molecule has 1 fully saturated rings. The van der Waals surface area contributed by atoms with Gasteiger partial charge in [0, 0.05) is 24.5 Å². The highest BCUT2D eigenvalue weighted by Gasteiger charge is 2.21. The molecular formula is C24H26FN3O3S. The maximum Gasteiger partial charge on any atom is 0.262 e. The minimum absolute atomic E-state index is 0.0282. The molecule has 1 aliphatic rings. The molecule has 8 heteroatoms. The van der Waals surface area contributed by atoms with Gasteiger partial charge in [0.1, 0.15) is 5.82 Å². The van der Waals surface area contributed by atoms with Gasteiger partial charge in [-0.05, 0) is 55.2 Å². The van der Waals surface area contributed by atoms with Crippen molar-refractivity contribution in [3.8, 4) is 0 Å². The van der Waals surface area contributed by atoms with Crippen molar-refractivity contribution in [1.29, 1.82) is 0 Å². The topological polar surface area (TPSA) is 73.2 Å². The first-order valence-corrected chi connectivity index (χ1v) is 11.9. The molecule has 1 saturated heterocycles. The van der Waals surface area contributed by atoms with Crippen molar-refractivity contribution >= 4 is 28.6 Å². The first-order valence-electron chi connectivity index (χ1n) is 10.9. The van der Waals surface area contributed by atoms with Gasteiger partial charge in [-0.3, -0.25) is 14.2 Å². The van der Waals surface area contributed by atoms with E-state index in [9.17, 15) is 14.0 Å². The molecule has 6 nitrogen and oxygen atoms in total. The summed E-state index contributed by atoms with van der Waals surface area (Å²) in [5, 5.41) is 3.85. The van der Waals surface area contributed by atoms with Crippen LogP contribution in [-0.2, 0) is 17.0 Å². The highest BCUT2D eigenvalue weighted by atomic mass is 32.2. The summed E-state index contributed by atoms with van der Waals surface area (Å²) in [4.78, 5) is 30.5. The van der Waals surface area contributed by atoms with E-state index in [2.05, 4.69) is 5.32 Å². The summed E-state index contributed by atoms with van der Waals surface area (Å²) in [6, 6.07) is 11.4. The fourth-order valence-electron chi connectivity index (χ4n) is 3.72. The molecule has 0 saturated carbocycles. The van der Waals surface area contributed by atoms with Gasteiger partial charge >= 0.3 is 0 Å². The third kappa shape index (κ3) is 5.19. The van der Waals surface area contributed by atoms with Gasteiger partial charge in [0.25, 0.3) is 11.5 Å². The number of nitrogens with one attached hydrogen (secondary N) is 1. The van der Waals surface area contributed by atoms with E-state index in [1.165, 1.54) is 23.9 Å². The number of carbonyl (C=O) groups excluding carboxylic acids is 1. The molecule has 1 aliphatic heterocycles. The summed E-state index contributed by atoms with van der Waals surface area (Å²) in [7, 11) is 0. The van der Waals surface area contributed by atoms with E-state index >= 15 is 0 Å². The van der Waals surface area contributed by atoms with Gasteiger partial charge in [-0.1, -0.05) is 30.8 Å². The molecule has 0 radical (unpaired) electrons. The Hall–Kier alpha value is -2.71. The van der Waals surface area contributed by atoms with Crippen LogP contribution < -0.4 is 10.9 Å².